The van der Waals surface area contributed by atoms with Gasteiger partial charge in [0.15, 0.2) is 0 Å². The van der Waals surface area contributed by atoms with E-state index in [1.54, 1.807) is 6.26 Å². The molecule has 100 valence electrons. The number of aromatic nitrogens is 1. The van der Waals surface area contributed by atoms with Crippen LogP contribution in [0.25, 0.3) is 0 Å². The predicted molar refractivity (Wildman–Crippen MR) is 75.2 cm³/mol. The molecule has 0 bridgehead atoms. The van der Waals surface area contributed by atoms with Gasteiger partial charge in [0.2, 0.25) is 0 Å². The number of pyridine rings is 1. The molecule has 3 heteroatoms. The lowest BCUT2D eigenvalue weighted by atomic mass is 9.93. The van der Waals surface area contributed by atoms with Gasteiger partial charge < -0.3 is 9.73 Å². The molecule has 1 N–H and O–H groups in total. The SMILES string of the molecule is CCNC(c1occc1C)C1CCc2cccnc21. The fourth-order valence-corrected chi connectivity index (χ4v) is 3.11. The molecule has 0 saturated carbocycles. The molecule has 2 unspecified atom stereocenters. The Kier molecular flexibility index (Phi) is 3.38. The van der Waals surface area contributed by atoms with Crippen molar-refractivity contribution in [1.82, 2.24) is 10.3 Å². The molecule has 2 atom stereocenters. The van der Waals surface area contributed by atoms with Crippen molar-refractivity contribution in [3.05, 3.63) is 53.2 Å². The van der Waals surface area contributed by atoms with E-state index in [1.165, 1.54) is 16.8 Å². The van der Waals surface area contributed by atoms with Crippen LogP contribution in [0.3, 0.4) is 0 Å². The minimum Gasteiger partial charge on any atom is -0.467 e. The van der Waals surface area contributed by atoms with Crippen LogP contribution >= 0.6 is 0 Å². The first-order chi connectivity index (χ1) is 9.31. The molecule has 0 spiro atoms. The highest BCUT2D eigenvalue weighted by Gasteiger charge is 2.33. The van der Waals surface area contributed by atoms with Gasteiger partial charge >= 0.3 is 0 Å². The van der Waals surface area contributed by atoms with Crippen LogP contribution in [0.1, 0.15) is 47.9 Å². The maximum absolute atomic E-state index is 5.72. The minimum absolute atomic E-state index is 0.233. The maximum atomic E-state index is 5.72. The number of hydrogen-bond donors (Lipinski definition) is 1. The largest absolute Gasteiger partial charge is 0.467 e. The van der Waals surface area contributed by atoms with Gasteiger partial charge in [0.1, 0.15) is 5.76 Å². The molecule has 19 heavy (non-hydrogen) atoms. The second-order valence-corrected chi connectivity index (χ2v) is 5.20. The van der Waals surface area contributed by atoms with Gasteiger partial charge in [0, 0.05) is 17.8 Å². The number of nitrogens with one attached hydrogen (secondary N) is 1. The Labute approximate surface area is 114 Å². The van der Waals surface area contributed by atoms with E-state index < -0.39 is 0 Å². The van der Waals surface area contributed by atoms with Crippen molar-refractivity contribution in [3.8, 4) is 0 Å². The number of hydrogen-bond acceptors (Lipinski definition) is 3. The summed E-state index contributed by atoms with van der Waals surface area (Å²) >= 11 is 0. The highest BCUT2D eigenvalue weighted by molar-refractivity contribution is 5.33. The molecular formula is C16H20N2O. The fourth-order valence-electron chi connectivity index (χ4n) is 3.11. The van der Waals surface area contributed by atoms with Crippen LogP contribution in [0.15, 0.2) is 35.1 Å². The van der Waals surface area contributed by atoms with Gasteiger partial charge in [-0.05, 0) is 49.6 Å². The van der Waals surface area contributed by atoms with Gasteiger partial charge in [-0.25, -0.2) is 0 Å². The molecule has 0 fully saturated rings. The van der Waals surface area contributed by atoms with E-state index >= 15 is 0 Å². The van der Waals surface area contributed by atoms with E-state index in [-0.39, 0.29) is 6.04 Å². The van der Waals surface area contributed by atoms with Crippen LogP contribution < -0.4 is 5.32 Å². The summed E-state index contributed by atoms with van der Waals surface area (Å²) in [4.78, 5) is 4.60. The summed E-state index contributed by atoms with van der Waals surface area (Å²) in [7, 11) is 0. The van der Waals surface area contributed by atoms with Gasteiger partial charge in [-0.2, -0.15) is 0 Å². The highest BCUT2D eigenvalue weighted by Crippen LogP contribution is 2.41. The zero-order chi connectivity index (χ0) is 13.2. The zero-order valence-corrected chi connectivity index (χ0v) is 11.5. The van der Waals surface area contributed by atoms with Gasteiger partial charge in [-0.15, -0.1) is 0 Å². The first kappa shape index (κ1) is 12.4. The van der Waals surface area contributed by atoms with Crippen LogP contribution in [0.4, 0.5) is 0 Å². The molecule has 0 amide bonds. The number of likely N-dealkylation sites (N-methyl/N-ethyl adjacent to an activating group) is 1. The topological polar surface area (TPSA) is 38.1 Å². The lowest BCUT2D eigenvalue weighted by Gasteiger charge is -2.23. The van der Waals surface area contributed by atoms with Crippen molar-refractivity contribution in [2.45, 2.75) is 38.6 Å². The van der Waals surface area contributed by atoms with E-state index in [2.05, 4.69) is 30.2 Å². The molecule has 0 radical (unpaired) electrons. The van der Waals surface area contributed by atoms with Crippen molar-refractivity contribution in [2.75, 3.05) is 6.54 Å². The second kappa shape index (κ2) is 5.17. The second-order valence-electron chi connectivity index (χ2n) is 5.20. The summed E-state index contributed by atoms with van der Waals surface area (Å²) in [5.41, 5.74) is 3.85. The Morgan fingerprint density at radius 1 is 1.47 bits per heavy atom. The number of rotatable bonds is 4. The molecule has 3 rings (SSSR count). The van der Waals surface area contributed by atoms with Crippen molar-refractivity contribution in [3.63, 3.8) is 0 Å². The lowest BCUT2D eigenvalue weighted by Crippen LogP contribution is -2.26. The normalized spacial score (nSPS) is 19.4. The first-order valence-electron chi connectivity index (χ1n) is 7.02. The first-order valence-corrected chi connectivity index (χ1v) is 7.02. The highest BCUT2D eigenvalue weighted by atomic mass is 16.3. The summed E-state index contributed by atoms with van der Waals surface area (Å²) in [5, 5.41) is 3.57. The molecular weight excluding hydrogens is 236 g/mol. The van der Waals surface area contributed by atoms with Crippen LogP contribution in [-0.2, 0) is 6.42 Å². The third-order valence-corrected chi connectivity index (χ3v) is 4.01. The molecule has 2 heterocycles. The van der Waals surface area contributed by atoms with E-state index in [4.69, 9.17) is 4.42 Å². The summed E-state index contributed by atoms with van der Waals surface area (Å²) in [5.74, 6) is 1.48. The lowest BCUT2D eigenvalue weighted by molar-refractivity contribution is 0.363. The van der Waals surface area contributed by atoms with Crippen molar-refractivity contribution >= 4 is 0 Å². The average Bonchev–Trinajstić information content (AvgIpc) is 3.03. The number of nitrogens with zero attached hydrogens (tertiary/aromatic N) is 1. The monoisotopic (exact) mass is 256 g/mol. The van der Waals surface area contributed by atoms with Crippen molar-refractivity contribution < 1.29 is 4.42 Å². The van der Waals surface area contributed by atoms with Crippen LogP contribution in [0, 0.1) is 6.92 Å². The van der Waals surface area contributed by atoms with Crippen LogP contribution in [-0.4, -0.2) is 11.5 Å². The molecule has 0 aliphatic heterocycles. The van der Waals surface area contributed by atoms with E-state index in [1.807, 2.05) is 18.3 Å². The van der Waals surface area contributed by atoms with E-state index in [9.17, 15) is 0 Å². The number of fused-ring (bicyclic) bond motifs is 1. The maximum Gasteiger partial charge on any atom is 0.124 e. The number of aryl methyl sites for hydroxylation is 2. The fraction of sp³-hybridized carbons (Fsp3) is 0.438. The van der Waals surface area contributed by atoms with Gasteiger partial charge in [0.05, 0.1) is 12.3 Å². The summed E-state index contributed by atoms with van der Waals surface area (Å²) in [6, 6.07) is 6.49. The van der Waals surface area contributed by atoms with Crippen molar-refractivity contribution in [2.24, 2.45) is 0 Å². The average molecular weight is 256 g/mol. The molecule has 0 saturated heterocycles. The van der Waals surface area contributed by atoms with Crippen LogP contribution in [0.2, 0.25) is 0 Å². The Balaban J connectivity index is 1.96. The zero-order valence-electron chi connectivity index (χ0n) is 11.5. The van der Waals surface area contributed by atoms with Gasteiger partial charge in [-0.1, -0.05) is 13.0 Å². The molecule has 2 aromatic heterocycles. The summed E-state index contributed by atoms with van der Waals surface area (Å²) < 4.78 is 5.72. The Morgan fingerprint density at radius 2 is 2.37 bits per heavy atom. The molecule has 1 aliphatic rings. The Bertz CT molecular complexity index is 561. The standard InChI is InChI=1S/C16H20N2O/c1-3-17-15(16-11(2)8-10-19-16)13-7-6-12-5-4-9-18-14(12)13/h4-5,8-10,13,15,17H,3,6-7H2,1-2H3. The molecule has 0 aromatic carbocycles. The molecule has 1 aliphatic carbocycles. The summed E-state index contributed by atoms with van der Waals surface area (Å²) in [6.07, 6.45) is 5.94. The Hall–Kier alpha value is -1.61. The van der Waals surface area contributed by atoms with Gasteiger partial charge in [0.25, 0.3) is 0 Å². The predicted octanol–water partition coefficient (Wildman–Crippen LogP) is 3.36. The van der Waals surface area contributed by atoms with E-state index in [0.717, 1.165) is 25.1 Å². The minimum atomic E-state index is 0.233. The quantitative estimate of drug-likeness (QED) is 0.911. The number of furan rings is 1. The van der Waals surface area contributed by atoms with Gasteiger partial charge in [-0.3, -0.25) is 4.98 Å². The third-order valence-electron chi connectivity index (χ3n) is 4.01. The van der Waals surface area contributed by atoms with Crippen molar-refractivity contribution in [1.29, 1.82) is 0 Å². The summed E-state index contributed by atoms with van der Waals surface area (Å²) in [6.45, 7) is 5.18. The van der Waals surface area contributed by atoms with Crippen LogP contribution in [0.5, 0.6) is 0 Å². The Morgan fingerprint density at radius 3 is 3.11 bits per heavy atom. The smallest absolute Gasteiger partial charge is 0.124 e. The molecule has 3 nitrogen and oxygen atoms in total. The third kappa shape index (κ3) is 2.19. The van der Waals surface area contributed by atoms with E-state index in [0.29, 0.717) is 5.92 Å². The molecule has 2 aromatic rings.